The molecule has 3 aromatic rings. The maximum absolute atomic E-state index is 12.7. The van der Waals surface area contributed by atoms with Gasteiger partial charge in [-0.1, -0.05) is 11.6 Å². The topological polar surface area (TPSA) is 90.0 Å². The number of pyridine rings is 1. The molecule has 1 N–H and O–H groups in total. The lowest BCUT2D eigenvalue weighted by atomic mass is 10.1. The Labute approximate surface area is 161 Å². The lowest BCUT2D eigenvalue weighted by Gasteiger charge is -2.10. The molecule has 0 saturated carbocycles. The van der Waals surface area contributed by atoms with Crippen LogP contribution < -0.4 is 4.74 Å². The molecule has 0 bridgehead atoms. The first-order valence-corrected chi connectivity index (χ1v) is 8.26. The van der Waals surface area contributed by atoms with Gasteiger partial charge in [0.15, 0.2) is 5.69 Å². The van der Waals surface area contributed by atoms with Crippen molar-refractivity contribution in [3.8, 4) is 22.9 Å². The lowest BCUT2D eigenvalue weighted by Crippen LogP contribution is -2.06. The number of esters is 1. The Morgan fingerprint density at radius 2 is 1.93 bits per heavy atom. The molecule has 0 aliphatic heterocycles. The average molecular weight is 413 g/mol. The highest BCUT2D eigenvalue weighted by atomic mass is 35.5. The number of nitrogens with one attached hydrogen (secondary N) is 1. The molecule has 0 aliphatic rings. The monoisotopic (exact) mass is 412 g/mol. The minimum Gasteiger partial charge on any atom is -0.461 e. The molecule has 7 nitrogen and oxygen atoms in total. The summed E-state index contributed by atoms with van der Waals surface area (Å²) in [6.07, 6.45) is -3.92. The first-order chi connectivity index (χ1) is 13.3. The second-order valence-electron chi connectivity index (χ2n) is 5.38. The van der Waals surface area contributed by atoms with E-state index in [0.717, 1.165) is 6.07 Å². The van der Waals surface area contributed by atoms with E-state index in [0.29, 0.717) is 11.8 Å². The average Bonchev–Trinajstić information content (AvgIpc) is 3.13. The van der Waals surface area contributed by atoms with Gasteiger partial charge in [0.25, 0.3) is 0 Å². The van der Waals surface area contributed by atoms with Crippen LogP contribution in [0.25, 0.3) is 11.3 Å². The van der Waals surface area contributed by atoms with Crippen molar-refractivity contribution in [1.82, 2.24) is 20.4 Å². The Morgan fingerprint density at radius 1 is 1.21 bits per heavy atom. The zero-order valence-corrected chi connectivity index (χ0v) is 15.0. The molecule has 2 heterocycles. The number of halogens is 4. The Bertz CT molecular complexity index is 990. The van der Waals surface area contributed by atoms with Crippen LogP contribution in [0, 0.1) is 0 Å². The molecule has 146 valence electrons. The van der Waals surface area contributed by atoms with E-state index in [4.69, 9.17) is 21.1 Å². The molecule has 28 heavy (non-hydrogen) atoms. The molecule has 0 radical (unpaired) electrons. The molecular weight excluding hydrogens is 401 g/mol. The van der Waals surface area contributed by atoms with Crippen LogP contribution in [0.2, 0.25) is 5.02 Å². The summed E-state index contributed by atoms with van der Waals surface area (Å²) in [5.41, 5.74) is -0.105. The second-order valence-corrected chi connectivity index (χ2v) is 5.78. The molecule has 0 fully saturated rings. The van der Waals surface area contributed by atoms with Gasteiger partial charge in [-0.25, -0.2) is 9.78 Å². The van der Waals surface area contributed by atoms with Crippen molar-refractivity contribution in [3.05, 3.63) is 52.8 Å². The van der Waals surface area contributed by atoms with Crippen LogP contribution >= 0.6 is 11.6 Å². The Kier molecular flexibility index (Phi) is 5.50. The summed E-state index contributed by atoms with van der Waals surface area (Å²) in [5.74, 6) is -0.512. The van der Waals surface area contributed by atoms with Crippen molar-refractivity contribution in [2.75, 3.05) is 6.61 Å². The van der Waals surface area contributed by atoms with Gasteiger partial charge in [-0.05, 0) is 37.3 Å². The van der Waals surface area contributed by atoms with Gasteiger partial charge in [0.05, 0.1) is 12.2 Å². The van der Waals surface area contributed by atoms with Crippen LogP contribution in [-0.2, 0) is 10.9 Å². The van der Waals surface area contributed by atoms with Crippen LogP contribution in [0.15, 0.2) is 36.5 Å². The van der Waals surface area contributed by atoms with Crippen LogP contribution in [0.5, 0.6) is 11.6 Å². The van der Waals surface area contributed by atoms with E-state index >= 15 is 0 Å². The first kappa shape index (κ1) is 19.6. The molecule has 0 amide bonds. The Hall–Kier alpha value is -3.14. The Balaban J connectivity index is 1.79. The van der Waals surface area contributed by atoms with Crippen molar-refractivity contribution in [2.24, 2.45) is 0 Å². The van der Waals surface area contributed by atoms with Gasteiger partial charge in [-0.15, -0.1) is 5.10 Å². The molecule has 3 rings (SSSR count). The van der Waals surface area contributed by atoms with E-state index in [2.05, 4.69) is 20.4 Å². The standard InChI is InChI=1S/C17H12ClF3N4O3/c1-2-27-16(26)14-13(23-25-24-14)9-3-5-11(6-4-9)28-15-12(18)7-10(8-22-15)17(19,20)21/h3-8H,2H2,1H3,(H,23,24,25). The smallest absolute Gasteiger partial charge is 0.417 e. The van der Waals surface area contributed by atoms with Gasteiger partial charge in [0, 0.05) is 11.8 Å². The van der Waals surface area contributed by atoms with Gasteiger partial charge < -0.3 is 9.47 Å². The van der Waals surface area contributed by atoms with Gasteiger partial charge >= 0.3 is 12.1 Å². The predicted octanol–water partition coefficient (Wildman–Crippen LogP) is 4.51. The molecule has 0 spiro atoms. The van der Waals surface area contributed by atoms with E-state index in [1.165, 1.54) is 12.1 Å². The fourth-order valence-electron chi connectivity index (χ4n) is 2.22. The highest BCUT2D eigenvalue weighted by molar-refractivity contribution is 6.31. The number of ether oxygens (including phenoxy) is 2. The molecule has 11 heteroatoms. The second kappa shape index (κ2) is 7.85. The molecule has 1 aromatic carbocycles. The number of alkyl halides is 3. The zero-order valence-electron chi connectivity index (χ0n) is 14.2. The zero-order chi connectivity index (χ0) is 20.3. The normalized spacial score (nSPS) is 11.3. The number of carbonyl (C=O) groups is 1. The molecule has 0 aliphatic carbocycles. The number of aromatic nitrogens is 4. The largest absolute Gasteiger partial charge is 0.461 e. The van der Waals surface area contributed by atoms with Crippen molar-refractivity contribution in [1.29, 1.82) is 0 Å². The predicted molar refractivity (Wildman–Crippen MR) is 92.1 cm³/mol. The lowest BCUT2D eigenvalue weighted by molar-refractivity contribution is -0.137. The fraction of sp³-hybridized carbons (Fsp3) is 0.176. The fourth-order valence-corrected chi connectivity index (χ4v) is 2.43. The Morgan fingerprint density at radius 3 is 2.54 bits per heavy atom. The third-order valence-electron chi connectivity index (χ3n) is 3.49. The van der Waals surface area contributed by atoms with Crippen LogP contribution in [-0.4, -0.2) is 33.0 Å². The molecule has 0 saturated heterocycles. The highest BCUT2D eigenvalue weighted by Crippen LogP contribution is 2.35. The number of aromatic amines is 1. The third-order valence-corrected chi connectivity index (χ3v) is 3.76. The number of H-pyrrole nitrogens is 1. The minimum absolute atomic E-state index is 0.0305. The number of hydrogen-bond acceptors (Lipinski definition) is 6. The van der Waals surface area contributed by atoms with E-state index in [9.17, 15) is 18.0 Å². The summed E-state index contributed by atoms with van der Waals surface area (Å²) >= 11 is 5.82. The SMILES string of the molecule is CCOC(=O)c1n[nH]nc1-c1ccc(Oc2ncc(C(F)(F)F)cc2Cl)cc1. The van der Waals surface area contributed by atoms with E-state index in [1.807, 2.05) is 0 Å². The van der Waals surface area contributed by atoms with Crippen LogP contribution in [0.1, 0.15) is 23.0 Å². The van der Waals surface area contributed by atoms with Gasteiger partial charge in [-0.3, -0.25) is 0 Å². The maximum atomic E-state index is 12.7. The van der Waals surface area contributed by atoms with Gasteiger partial charge in [-0.2, -0.15) is 23.5 Å². The molecule has 0 unspecified atom stereocenters. The van der Waals surface area contributed by atoms with E-state index in [1.54, 1.807) is 19.1 Å². The highest BCUT2D eigenvalue weighted by Gasteiger charge is 2.31. The minimum atomic E-state index is -4.55. The summed E-state index contributed by atoms with van der Waals surface area (Å²) in [4.78, 5) is 15.5. The van der Waals surface area contributed by atoms with Crippen molar-refractivity contribution in [2.45, 2.75) is 13.1 Å². The summed E-state index contributed by atoms with van der Waals surface area (Å²) in [7, 11) is 0. The third kappa shape index (κ3) is 4.22. The van der Waals surface area contributed by atoms with Crippen molar-refractivity contribution < 1.29 is 27.4 Å². The number of hydrogen-bond donors (Lipinski definition) is 1. The number of carbonyl (C=O) groups excluding carboxylic acids is 1. The molecule has 0 atom stereocenters. The quantitative estimate of drug-likeness (QED) is 0.620. The summed E-state index contributed by atoms with van der Waals surface area (Å²) in [5, 5.41) is 9.80. The maximum Gasteiger partial charge on any atom is 0.417 e. The van der Waals surface area contributed by atoms with Crippen molar-refractivity contribution in [3.63, 3.8) is 0 Å². The number of nitrogens with zero attached hydrogens (tertiary/aromatic N) is 3. The van der Waals surface area contributed by atoms with Crippen LogP contribution in [0.4, 0.5) is 13.2 Å². The number of benzene rings is 1. The first-order valence-electron chi connectivity index (χ1n) is 7.88. The molecule has 2 aromatic heterocycles. The summed E-state index contributed by atoms with van der Waals surface area (Å²) in [6, 6.07) is 6.96. The van der Waals surface area contributed by atoms with Gasteiger partial charge in [0.2, 0.25) is 5.88 Å². The number of rotatable bonds is 5. The summed E-state index contributed by atoms with van der Waals surface area (Å²) in [6.45, 7) is 1.86. The van der Waals surface area contributed by atoms with E-state index in [-0.39, 0.29) is 34.6 Å². The van der Waals surface area contributed by atoms with Crippen molar-refractivity contribution >= 4 is 17.6 Å². The van der Waals surface area contributed by atoms with E-state index < -0.39 is 17.7 Å². The molecular formula is C17H12ClF3N4O3. The summed E-state index contributed by atoms with van der Waals surface area (Å²) < 4.78 is 48.3. The van der Waals surface area contributed by atoms with Gasteiger partial charge in [0.1, 0.15) is 16.5 Å². The van der Waals surface area contributed by atoms with Crippen LogP contribution in [0.3, 0.4) is 0 Å².